The minimum atomic E-state index is -1.16. The third-order valence-electron chi connectivity index (χ3n) is 3.99. The number of non-ortho nitro benzene ring substituents is 1. The van der Waals surface area contributed by atoms with Crippen LogP contribution in [0.4, 0.5) is 17.1 Å². The van der Waals surface area contributed by atoms with Gasteiger partial charge in [-0.2, -0.15) is 4.98 Å². The first-order chi connectivity index (χ1) is 15.2. The molecule has 162 valence electrons. The van der Waals surface area contributed by atoms with E-state index < -0.39 is 43.3 Å². The van der Waals surface area contributed by atoms with Gasteiger partial charge in [0.05, 0.1) is 20.8 Å². The molecule has 0 radical (unpaired) electrons. The Labute approximate surface area is 176 Å². The maximum absolute atomic E-state index is 11.7. The van der Waals surface area contributed by atoms with Crippen LogP contribution >= 0.6 is 0 Å². The van der Waals surface area contributed by atoms with Crippen molar-refractivity contribution in [1.29, 1.82) is 0 Å². The number of nitro groups is 3. The van der Waals surface area contributed by atoms with Gasteiger partial charge in [0.25, 0.3) is 11.6 Å². The fraction of sp³-hybridized carbons (Fsp3) is 0. The van der Waals surface area contributed by atoms with E-state index >= 15 is 0 Å². The summed E-state index contributed by atoms with van der Waals surface area (Å²) in [5.74, 6) is -1.39. The normalized spacial score (nSPS) is 10.8. The number of nitrogens with zero attached hydrogens (tertiary/aromatic N) is 4. The lowest BCUT2D eigenvalue weighted by Gasteiger charge is -2.09. The number of nitro benzene ring substituents is 2. The summed E-state index contributed by atoms with van der Waals surface area (Å²) in [5, 5.41) is 42.5. The number of aromatic amines is 1. The number of nitrogens with one attached hydrogen (secondary N) is 1. The lowest BCUT2D eigenvalue weighted by molar-refractivity contribution is -0.394. The van der Waals surface area contributed by atoms with E-state index in [1.165, 1.54) is 18.2 Å². The van der Waals surface area contributed by atoms with Crippen molar-refractivity contribution in [2.24, 2.45) is 0 Å². The van der Waals surface area contributed by atoms with Crippen LogP contribution in [0, 0.1) is 30.3 Å². The molecule has 2 aromatic carbocycles. The Balaban J connectivity index is 1.96. The van der Waals surface area contributed by atoms with Crippen molar-refractivity contribution in [2.45, 2.75) is 0 Å². The van der Waals surface area contributed by atoms with E-state index in [0.717, 1.165) is 18.2 Å². The third-order valence-corrected chi connectivity index (χ3v) is 3.99. The Morgan fingerprint density at radius 2 is 1.66 bits per heavy atom. The molecule has 0 atom stereocenters. The first-order valence-corrected chi connectivity index (χ1v) is 8.53. The largest absolute Gasteiger partial charge is 0.488 e. The third kappa shape index (κ3) is 4.54. The molecule has 14 nitrogen and oxygen atoms in total. The van der Waals surface area contributed by atoms with Crippen molar-refractivity contribution in [3.05, 3.63) is 94.5 Å². The number of hydrogen-bond acceptors (Lipinski definition) is 10. The zero-order valence-electron chi connectivity index (χ0n) is 15.7. The lowest BCUT2D eigenvalue weighted by atomic mass is 10.2. The van der Waals surface area contributed by atoms with Gasteiger partial charge in [0.1, 0.15) is 11.6 Å². The summed E-state index contributed by atoms with van der Waals surface area (Å²) < 4.78 is 5.58. The number of rotatable bonds is 7. The molecule has 3 aromatic rings. The van der Waals surface area contributed by atoms with Gasteiger partial charge < -0.3 is 14.8 Å². The van der Waals surface area contributed by atoms with Gasteiger partial charge >= 0.3 is 16.9 Å². The minimum Gasteiger partial charge on any atom is -0.488 e. The molecule has 0 unspecified atom stereocenters. The molecule has 0 spiro atoms. The minimum absolute atomic E-state index is 0.120. The van der Waals surface area contributed by atoms with Crippen molar-refractivity contribution in [2.75, 3.05) is 0 Å². The highest BCUT2D eigenvalue weighted by Gasteiger charge is 2.22. The Morgan fingerprint density at radius 1 is 0.938 bits per heavy atom. The van der Waals surface area contributed by atoms with Crippen LogP contribution in [0.25, 0.3) is 12.2 Å². The molecule has 0 aliphatic carbocycles. The lowest BCUT2D eigenvalue weighted by Crippen LogP contribution is -2.14. The molecular formula is C18H11N5O9. The summed E-state index contributed by atoms with van der Waals surface area (Å²) in [5.41, 5.74) is -3.01. The number of H-pyrrole nitrogens is 1. The summed E-state index contributed by atoms with van der Waals surface area (Å²) in [6.07, 6.45) is 2.59. The Morgan fingerprint density at radius 3 is 2.28 bits per heavy atom. The second-order valence-corrected chi connectivity index (χ2v) is 6.02. The van der Waals surface area contributed by atoms with Gasteiger partial charge in [-0.15, -0.1) is 0 Å². The smallest absolute Gasteiger partial charge is 0.395 e. The molecule has 1 heterocycles. The molecule has 14 heteroatoms. The molecule has 32 heavy (non-hydrogen) atoms. The maximum Gasteiger partial charge on any atom is 0.395 e. The van der Waals surface area contributed by atoms with Crippen LogP contribution in [0.2, 0.25) is 0 Å². The van der Waals surface area contributed by atoms with Crippen LogP contribution in [0.15, 0.2) is 47.3 Å². The van der Waals surface area contributed by atoms with Crippen LogP contribution < -0.4 is 10.3 Å². The van der Waals surface area contributed by atoms with E-state index in [-0.39, 0.29) is 17.3 Å². The predicted molar refractivity (Wildman–Crippen MR) is 108 cm³/mol. The summed E-state index contributed by atoms with van der Waals surface area (Å²) in [4.78, 5) is 47.6. The Hall–Kier alpha value is -5.14. The van der Waals surface area contributed by atoms with E-state index in [2.05, 4.69) is 9.97 Å². The summed E-state index contributed by atoms with van der Waals surface area (Å²) in [6.45, 7) is 0. The fourth-order valence-electron chi connectivity index (χ4n) is 2.56. The Bertz CT molecular complexity index is 1330. The summed E-state index contributed by atoms with van der Waals surface area (Å²) in [6, 6.07) is 9.10. The highest BCUT2D eigenvalue weighted by atomic mass is 16.6. The Kier molecular flexibility index (Phi) is 5.86. The van der Waals surface area contributed by atoms with Crippen molar-refractivity contribution < 1.29 is 24.6 Å². The summed E-state index contributed by atoms with van der Waals surface area (Å²) in [7, 11) is 0. The van der Waals surface area contributed by atoms with Crippen molar-refractivity contribution in [3.63, 3.8) is 0 Å². The molecular weight excluding hydrogens is 430 g/mol. The SMILES string of the molecule is O=c1[nH]c(/C=C\c2ccccc2Oc2ccc([N+](=O)[O-])cc2[N+](=O)[O-])nc(O)c1[N+](=O)[O-]. The van der Waals surface area contributed by atoms with Crippen molar-refractivity contribution >= 4 is 29.2 Å². The van der Waals surface area contributed by atoms with E-state index in [9.17, 15) is 40.2 Å². The van der Waals surface area contributed by atoms with Crippen LogP contribution in [0.3, 0.4) is 0 Å². The molecule has 0 aliphatic rings. The number of ether oxygens (including phenoxy) is 1. The van der Waals surface area contributed by atoms with Gasteiger partial charge in [0, 0.05) is 11.6 Å². The van der Waals surface area contributed by atoms with E-state index in [1.807, 2.05) is 0 Å². The van der Waals surface area contributed by atoms with E-state index in [0.29, 0.717) is 5.56 Å². The van der Waals surface area contributed by atoms with Gasteiger partial charge in [0.15, 0.2) is 0 Å². The topological polar surface area (TPSA) is 205 Å². The van der Waals surface area contributed by atoms with Crippen molar-refractivity contribution in [3.8, 4) is 17.4 Å². The summed E-state index contributed by atoms with van der Waals surface area (Å²) >= 11 is 0. The van der Waals surface area contributed by atoms with Crippen molar-refractivity contribution in [1.82, 2.24) is 9.97 Å². The average molecular weight is 441 g/mol. The fourth-order valence-corrected chi connectivity index (χ4v) is 2.56. The van der Waals surface area contributed by atoms with Crippen LogP contribution in [0.1, 0.15) is 11.4 Å². The quantitative estimate of drug-likeness (QED) is 0.404. The molecule has 0 aliphatic heterocycles. The van der Waals surface area contributed by atoms with Gasteiger partial charge in [0.2, 0.25) is 5.75 Å². The number of aromatic nitrogens is 2. The van der Waals surface area contributed by atoms with E-state index in [1.54, 1.807) is 18.2 Å². The molecule has 1 aromatic heterocycles. The van der Waals surface area contributed by atoms with Gasteiger partial charge in [-0.3, -0.25) is 35.1 Å². The molecule has 0 amide bonds. The monoisotopic (exact) mass is 441 g/mol. The zero-order valence-corrected chi connectivity index (χ0v) is 15.7. The molecule has 2 N–H and O–H groups in total. The van der Waals surface area contributed by atoms with Crippen LogP contribution in [-0.4, -0.2) is 29.8 Å². The first kappa shape index (κ1) is 21.6. The van der Waals surface area contributed by atoms with E-state index in [4.69, 9.17) is 4.74 Å². The number of para-hydroxylation sites is 1. The highest BCUT2D eigenvalue weighted by molar-refractivity contribution is 5.71. The van der Waals surface area contributed by atoms with Gasteiger partial charge in [-0.05, 0) is 24.3 Å². The molecule has 3 rings (SSSR count). The number of hydrogen-bond donors (Lipinski definition) is 2. The van der Waals surface area contributed by atoms with Crippen LogP contribution in [-0.2, 0) is 0 Å². The first-order valence-electron chi connectivity index (χ1n) is 8.53. The second kappa shape index (κ2) is 8.70. The molecule has 0 saturated carbocycles. The van der Waals surface area contributed by atoms with Gasteiger partial charge in [-0.1, -0.05) is 18.2 Å². The average Bonchev–Trinajstić information content (AvgIpc) is 2.72. The molecule has 0 fully saturated rings. The predicted octanol–water partition coefficient (Wildman–Crippen LogP) is 3.16. The number of aromatic hydroxyl groups is 1. The number of benzene rings is 2. The van der Waals surface area contributed by atoms with Gasteiger partial charge in [-0.25, -0.2) is 0 Å². The second-order valence-electron chi connectivity index (χ2n) is 6.02. The molecule has 0 bridgehead atoms. The highest BCUT2D eigenvalue weighted by Crippen LogP contribution is 2.36. The van der Waals surface area contributed by atoms with Crippen LogP contribution in [0.5, 0.6) is 17.4 Å². The molecule has 0 saturated heterocycles. The standard InChI is InChI=1S/C18H11N5O9/c24-17-16(23(30)31)18(25)20-15(19-17)8-5-10-3-1-2-4-13(10)32-14-7-6-11(21(26)27)9-12(14)22(28)29/h1-9H,(H2,19,20,24,25)/b8-5-. The maximum atomic E-state index is 11.7. The zero-order chi connectivity index (χ0) is 23.4.